The van der Waals surface area contributed by atoms with Crippen LogP contribution in [0.15, 0.2) is 0 Å². The van der Waals surface area contributed by atoms with Crippen LogP contribution in [-0.4, -0.2) is 6.18 Å². The van der Waals surface area contributed by atoms with Crippen molar-refractivity contribution in [3.05, 3.63) is 0 Å². The molecule has 9 heavy (non-hydrogen) atoms. The molecule has 0 saturated heterocycles. The monoisotopic (exact) mass is 138 g/mol. The Bertz CT molecular complexity index is 89.0. The Morgan fingerprint density at radius 1 is 1.00 bits per heavy atom. The van der Waals surface area contributed by atoms with E-state index >= 15 is 0 Å². The van der Waals surface area contributed by atoms with Gasteiger partial charge in [-0.05, 0) is 12.8 Å². The van der Waals surface area contributed by atoms with E-state index in [0.717, 1.165) is 12.8 Å². The number of halogens is 3. The lowest BCUT2D eigenvalue weighted by molar-refractivity contribution is -0.172. The van der Waals surface area contributed by atoms with Crippen molar-refractivity contribution in [2.45, 2.75) is 31.9 Å². The van der Waals surface area contributed by atoms with E-state index in [1.165, 1.54) is 0 Å². The third-order valence-electron chi connectivity index (χ3n) is 1.82. The van der Waals surface area contributed by atoms with Crippen molar-refractivity contribution in [1.29, 1.82) is 0 Å². The molecular weight excluding hydrogens is 129 g/mol. The van der Waals surface area contributed by atoms with Gasteiger partial charge < -0.3 is 0 Å². The maximum atomic E-state index is 11.8. The smallest absolute Gasteiger partial charge is 0.171 e. The lowest BCUT2D eigenvalue weighted by Crippen LogP contribution is -2.19. The molecule has 1 aliphatic carbocycles. The summed E-state index contributed by atoms with van der Waals surface area (Å²) in [6.45, 7) is 0. The van der Waals surface area contributed by atoms with Gasteiger partial charge in [0, 0.05) is 0 Å². The first-order valence-electron chi connectivity index (χ1n) is 3.17. The predicted octanol–water partition coefficient (Wildman–Crippen LogP) is 2.74. The maximum absolute atomic E-state index is 11.8. The SMILES string of the molecule is FC(F)(F)C1CCCC1. The van der Waals surface area contributed by atoms with Gasteiger partial charge >= 0.3 is 6.18 Å². The van der Waals surface area contributed by atoms with Crippen LogP contribution in [0.5, 0.6) is 0 Å². The fourth-order valence-electron chi connectivity index (χ4n) is 1.25. The van der Waals surface area contributed by atoms with Gasteiger partial charge in [0.05, 0.1) is 5.92 Å². The average molecular weight is 138 g/mol. The third kappa shape index (κ3) is 1.60. The van der Waals surface area contributed by atoms with E-state index in [1.807, 2.05) is 0 Å². The molecule has 0 amide bonds. The zero-order valence-electron chi connectivity index (χ0n) is 5.04. The van der Waals surface area contributed by atoms with Crippen LogP contribution >= 0.6 is 0 Å². The minimum absolute atomic E-state index is 0.351. The lowest BCUT2D eigenvalue weighted by Gasteiger charge is -2.12. The second-order valence-electron chi connectivity index (χ2n) is 2.52. The summed E-state index contributed by atoms with van der Waals surface area (Å²) in [5.74, 6) is -0.988. The van der Waals surface area contributed by atoms with Crippen LogP contribution in [0.4, 0.5) is 13.2 Å². The van der Waals surface area contributed by atoms with Crippen LogP contribution in [0.25, 0.3) is 0 Å². The third-order valence-corrected chi connectivity index (χ3v) is 1.82. The minimum atomic E-state index is -3.92. The van der Waals surface area contributed by atoms with Crippen molar-refractivity contribution in [3.63, 3.8) is 0 Å². The lowest BCUT2D eigenvalue weighted by atomic mass is 10.1. The molecule has 0 atom stereocenters. The molecule has 1 saturated carbocycles. The normalized spacial score (nSPS) is 23.0. The van der Waals surface area contributed by atoms with Gasteiger partial charge in [-0.1, -0.05) is 12.8 Å². The van der Waals surface area contributed by atoms with E-state index < -0.39 is 12.1 Å². The quantitative estimate of drug-likeness (QED) is 0.482. The molecule has 0 spiro atoms. The van der Waals surface area contributed by atoms with Gasteiger partial charge in [0.25, 0.3) is 0 Å². The molecule has 0 aromatic heterocycles. The standard InChI is InChI=1S/C6H9F3/c7-6(8,9)5-3-1-2-4-5/h5H,1-4H2. The van der Waals surface area contributed by atoms with Gasteiger partial charge in [0.2, 0.25) is 0 Å². The molecule has 1 rings (SSSR count). The van der Waals surface area contributed by atoms with E-state index in [2.05, 4.69) is 0 Å². The maximum Gasteiger partial charge on any atom is 0.391 e. The topological polar surface area (TPSA) is 0 Å². The highest BCUT2D eigenvalue weighted by Crippen LogP contribution is 2.38. The first-order valence-corrected chi connectivity index (χ1v) is 3.17. The second kappa shape index (κ2) is 2.20. The van der Waals surface area contributed by atoms with Gasteiger partial charge in [-0.15, -0.1) is 0 Å². The van der Waals surface area contributed by atoms with E-state index in [4.69, 9.17) is 0 Å². The van der Waals surface area contributed by atoms with Gasteiger partial charge in [0.1, 0.15) is 0 Å². The summed E-state index contributed by atoms with van der Waals surface area (Å²) >= 11 is 0. The number of rotatable bonds is 0. The Balaban J connectivity index is 2.42. The van der Waals surface area contributed by atoms with Gasteiger partial charge in [0.15, 0.2) is 0 Å². The molecule has 3 heteroatoms. The van der Waals surface area contributed by atoms with Crippen molar-refractivity contribution in [1.82, 2.24) is 0 Å². The van der Waals surface area contributed by atoms with Crippen LogP contribution in [0.1, 0.15) is 25.7 Å². The van der Waals surface area contributed by atoms with Crippen molar-refractivity contribution >= 4 is 0 Å². The van der Waals surface area contributed by atoms with E-state index in [-0.39, 0.29) is 0 Å². The van der Waals surface area contributed by atoms with Crippen molar-refractivity contribution in [2.24, 2.45) is 5.92 Å². The van der Waals surface area contributed by atoms with Crippen molar-refractivity contribution < 1.29 is 13.2 Å². The molecule has 0 radical (unpaired) electrons. The Morgan fingerprint density at radius 2 is 1.44 bits per heavy atom. The van der Waals surface area contributed by atoms with E-state index in [9.17, 15) is 13.2 Å². The molecule has 0 aromatic carbocycles. The van der Waals surface area contributed by atoms with Crippen LogP contribution < -0.4 is 0 Å². The summed E-state index contributed by atoms with van der Waals surface area (Å²) in [6, 6.07) is 0. The van der Waals surface area contributed by atoms with Gasteiger partial charge in [-0.25, -0.2) is 0 Å². The Morgan fingerprint density at radius 3 is 1.67 bits per heavy atom. The molecule has 54 valence electrons. The first kappa shape index (κ1) is 6.90. The van der Waals surface area contributed by atoms with Crippen LogP contribution in [0, 0.1) is 5.92 Å². The van der Waals surface area contributed by atoms with Crippen LogP contribution in [0.2, 0.25) is 0 Å². The molecule has 1 aliphatic rings. The van der Waals surface area contributed by atoms with Gasteiger partial charge in [-0.3, -0.25) is 0 Å². The molecule has 0 nitrogen and oxygen atoms in total. The zero-order valence-corrected chi connectivity index (χ0v) is 5.04. The second-order valence-corrected chi connectivity index (χ2v) is 2.52. The summed E-state index contributed by atoms with van der Waals surface area (Å²) in [5.41, 5.74) is 0. The summed E-state index contributed by atoms with van der Waals surface area (Å²) in [5, 5.41) is 0. The predicted molar refractivity (Wildman–Crippen MR) is 28.0 cm³/mol. The Labute approximate surface area is 52.1 Å². The number of hydrogen-bond acceptors (Lipinski definition) is 0. The Hall–Kier alpha value is -0.210. The summed E-state index contributed by atoms with van der Waals surface area (Å²) in [4.78, 5) is 0. The molecule has 0 heterocycles. The Kier molecular flexibility index (Phi) is 1.68. The van der Waals surface area contributed by atoms with Crippen LogP contribution in [0.3, 0.4) is 0 Å². The highest BCUT2D eigenvalue weighted by atomic mass is 19.4. The van der Waals surface area contributed by atoms with E-state index in [1.54, 1.807) is 0 Å². The largest absolute Gasteiger partial charge is 0.391 e. The molecule has 0 aromatic rings. The molecular formula is C6H9F3. The van der Waals surface area contributed by atoms with E-state index in [0.29, 0.717) is 12.8 Å². The van der Waals surface area contributed by atoms with Crippen LogP contribution in [-0.2, 0) is 0 Å². The van der Waals surface area contributed by atoms with Crippen molar-refractivity contribution in [3.8, 4) is 0 Å². The summed E-state index contributed by atoms with van der Waals surface area (Å²) in [6.07, 6.45) is -1.71. The molecule has 0 N–H and O–H groups in total. The fourth-order valence-corrected chi connectivity index (χ4v) is 1.25. The highest BCUT2D eigenvalue weighted by Gasteiger charge is 2.40. The fraction of sp³-hybridized carbons (Fsp3) is 1.00. The number of hydrogen-bond donors (Lipinski definition) is 0. The highest BCUT2D eigenvalue weighted by molar-refractivity contribution is 4.73. The molecule has 0 aliphatic heterocycles. The number of alkyl halides is 3. The zero-order chi connectivity index (χ0) is 6.91. The summed E-state index contributed by atoms with van der Waals surface area (Å²) in [7, 11) is 0. The molecule has 0 unspecified atom stereocenters. The van der Waals surface area contributed by atoms with Crippen molar-refractivity contribution in [2.75, 3.05) is 0 Å². The first-order chi connectivity index (χ1) is 4.11. The van der Waals surface area contributed by atoms with Gasteiger partial charge in [-0.2, -0.15) is 13.2 Å². The average Bonchev–Trinajstić information content (AvgIpc) is 2.08. The molecule has 1 fully saturated rings. The molecule has 0 bridgehead atoms. The summed E-state index contributed by atoms with van der Waals surface area (Å²) < 4.78 is 35.3. The minimum Gasteiger partial charge on any atom is -0.171 e.